The molecule has 0 radical (unpaired) electrons. The molecule has 1 fully saturated rings. The van der Waals surface area contributed by atoms with E-state index in [0.29, 0.717) is 0 Å². The molecule has 1 atom stereocenters. The van der Waals surface area contributed by atoms with E-state index in [2.05, 4.69) is 22.1 Å². The number of hydrogen-bond acceptors (Lipinski definition) is 4. The highest BCUT2D eigenvalue weighted by Crippen LogP contribution is 2.15. The van der Waals surface area contributed by atoms with Crippen LogP contribution in [0.25, 0.3) is 0 Å². The van der Waals surface area contributed by atoms with Crippen LogP contribution in [0.2, 0.25) is 0 Å². The fourth-order valence-electron chi connectivity index (χ4n) is 2.33. The number of likely N-dealkylation sites (tertiary alicyclic amines) is 1. The van der Waals surface area contributed by atoms with Gasteiger partial charge < -0.3 is 10.2 Å². The lowest BCUT2D eigenvalue weighted by atomic mass is 9.98. The summed E-state index contributed by atoms with van der Waals surface area (Å²) < 4.78 is 0. The number of hydrogen-bond donors (Lipinski definition) is 1. The van der Waals surface area contributed by atoms with E-state index in [1.54, 1.807) is 11.3 Å². The summed E-state index contributed by atoms with van der Waals surface area (Å²) in [6.45, 7) is 8.15. The molecule has 0 bridgehead atoms. The van der Waals surface area contributed by atoms with Crippen LogP contribution in [0, 0.1) is 5.92 Å². The minimum absolute atomic E-state index is 0.835. The molecule has 0 saturated carbocycles. The third-order valence-corrected chi connectivity index (χ3v) is 4.05. The van der Waals surface area contributed by atoms with Gasteiger partial charge in [0.05, 0.1) is 5.51 Å². The number of aromatic nitrogens is 1. The van der Waals surface area contributed by atoms with Crippen molar-refractivity contribution in [2.45, 2.75) is 26.3 Å². The molecule has 2 rings (SSSR count). The molecular weight excluding hydrogens is 218 g/mol. The fraction of sp³-hybridized carbons (Fsp3) is 0.750. The van der Waals surface area contributed by atoms with Crippen LogP contribution in [0.4, 0.5) is 0 Å². The Morgan fingerprint density at radius 1 is 1.62 bits per heavy atom. The van der Waals surface area contributed by atoms with E-state index in [1.807, 2.05) is 11.7 Å². The van der Waals surface area contributed by atoms with E-state index < -0.39 is 0 Å². The molecule has 0 aromatic carbocycles. The summed E-state index contributed by atoms with van der Waals surface area (Å²) in [5, 5.41) is 3.55. The zero-order chi connectivity index (χ0) is 11.2. The van der Waals surface area contributed by atoms with Crippen LogP contribution in [-0.4, -0.2) is 36.1 Å². The molecule has 1 unspecified atom stereocenters. The van der Waals surface area contributed by atoms with E-state index in [0.717, 1.165) is 19.0 Å². The zero-order valence-electron chi connectivity index (χ0n) is 9.98. The first-order valence-electron chi connectivity index (χ1n) is 6.19. The monoisotopic (exact) mass is 239 g/mol. The Balaban J connectivity index is 1.65. The predicted molar refractivity (Wildman–Crippen MR) is 68.7 cm³/mol. The molecule has 2 heterocycles. The minimum Gasteiger partial charge on any atom is -0.311 e. The smallest absolute Gasteiger partial charge is 0.0794 e. The largest absolute Gasteiger partial charge is 0.311 e. The van der Waals surface area contributed by atoms with E-state index >= 15 is 0 Å². The van der Waals surface area contributed by atoms with Crippen LogP contribution in [0.3, 0.4) is 0 Å². The summed E-state index contributed by atoms with van der Waals surface area (Å²) in [5.74, 6) is 0.835. The molecular formula is C12H21N3S. The van der Waals surface area contributed by atoms with Gasteiger partial charge in [-0.2, -0.15) is 0 Å². The standard InChI is InChI=1S/C12H21N3S/c1-2-15-5-3-4-11(9-15)6-13-7-12-8-14-10-16-12/h8,10-11,13H,2-7,9H2,1H3. The van der Waals surface area contributed by atoms with E-state index in [9.17, 15) is 0 Å². The van der Waals surface area contributed by atoms with Crippen molar-refractivity contribution in [3.63, 3.8) is 0 Å². The Morgan fingerprint density at radius 2 is 2.56 bits per heavy atom. The van der Waals surface area contributed by atoms with Gasteiger partial charge in [0.25, 0.3) is 0 Å². The predicted octanol–water partition coefficient (Wildman–Crippen LogP) is 1.96. The summed E-state index contributed by atoms with van der Waals surface area (Å²) >= 11 is 1.73. The minimum atomic E-state index is 0.835. The topological polar surface area (TPSA) is 28.2 Å². The summed E-state index contributed by atoms with van der Waals surface area (Å²) in [6.07, 6.45) is 4.70. The Hall–Kier alpha value is -0.450. The van der Waals surface area contributed by atoms with Gasteiger partial charge >= 0.3 is 0 Å². The van der Waals surface area contributed by atoms with Crippen molar-refractivity contribution in [2.75, 3.05) is 26.2 Å². The molecule has 1 N–H and O–H groups in total. The van der Waals surface area contributed by atoms with Crippen molar-refractivity contribution in [3.05, 3.63) is 16.6 Å². The van der Waals surface area contributed by atoms with Gasteiger partial charge in [0.1, 0.15) is 0 Å². The van der Waals surface area contributed by atoms with Crippen molar-refractivity contribution in [2.24, 2.45) is 5.92 Å². The maximum absolute atomic E-state index is 4.08. The molecule has 0 spiro atoms. The van der Waals surface area contributed by atoms with Crippen LogP contribution >= 0.6 is 11.3 Å². The molecule has 90 valence electrons. The Labute approximate surface area is 102 Å². The quantitative estimate of drug-likeness (QED) is 0.851. The maximum Gasteiger partial charge on any atom is 0.0794 e. The van der Waals surface area contributed by atoms with Gasteiger partial charge in [-0.3, -0.25) is 4.98 Å². The van der Waals surface area contributed by atoms with Gasteiger partial charge in [-0.1, -0.05) is 6.92 Å². The van der Waals surface area contributed by atoms with Crippen molar-refractivity contribution in [3.8, 4) is 0 Å². The average Bonchev–Trinajstić information content (AvgIpc) is 2.82. The first-order valence-corrected chi connectivity index (χ1v) is 7.07. The summed E-state index contributed by atoms with van der Waals surface area (Å²) in [6, 6.07) is 0. The highest BCUT2D eigenvalue weighted by molar-refractivity contribution is 7.09. The van der Waals surface area contributed by atoms with Crippen LogP contribution in [-0.2, 0) is 6.54 Å². The molecule has 1 aliphatic heterocycles. The van der Waals surface area contributed by atoms with E-state index in [4.69, 9.17) is 0 Å². The molecule has 1 aromatic rings. The molecule has 0 amide bonds. The average molecular weight is 239 g/mol. The van der Waals surface area contributed by atoms with E-state index in [-0.39, 0.29) is 0 Å². The third-order valence-electron chi connectivity index (χ3n) is 3.27. The highest BCUT2D eigenvalue weighted by atomic mass is 32.1. The van der Waals surface area contributed by atoms with Crippen molar-refractivity contribution in [1.82, 2.24) is 15.2 Å². The Kier molecular flexibility index (Phi) is 4.75. The molecule has 1 aromatic heterocycles. The van der Waals surface area contributed by atoms with Crippen LogP contribution in [0.15, 0.2) is 11.7 Å². The first-order chi connectivity index (χ1) is 7.88. The second-order valence-electron chi connectivity index (χ2n) is 4.50. The first kappa shape index (κ1) is 12.0. The molecule has 16 heavy (non-hydrogen) atoms. The molecule has 1 aliphatic rings. The highest BCUT2D eigenvalue weighted by Gasteiger charge is 2.17. The van der Waals surface area contributed by atoms with Gasteiger partial charge in [-0.25, -0.2) is 0 Å². The summed E-state index contributed by atoms with van der Waals surface area (Å²) in [5.41, 5.74) is 1.90. The third kappa shape index (κ3) is 3.54. The Bertz CT molecular complexity index is 286. The number of piperidine rings is 1. The van der Waals surface area contributed by atoms with Gasteiger partial charge in [-0.05, 0) is 38.4 Å². The summed E-state index contributed by atoms with van der Waals surface area (Å²) in [7, 11) is 0. The van der Waals surface area contributed by atoms with Gasteiger partial charge in [-0.15, -0.1) is 11.3 Å². The molecule has 1 saturated heterocycles. The lowest BCUT2D eigenvalue weighted by Crippen LogP contribution is -2.39. The number of nitrogens with one attached hydrogen (secondary N) is 1. The van der Waals surface area contributed by atoms with Crippen LogP contribution < -0.4 is 5.32 Å². The number of nitrogens with zero attached hydrogens (tertiary/aromatic N) is 2. The van der Waals surface area contributed by atoms with Gasteiger partial charge in [0, 0.05) is 24.2 Å². The van der Waals surface area contributed by atoms with Crippen molar-refractivity contribution >= 4 is 11.3 Å². The SMILES string of the molecule is CCN1CCCC(CNCc2cncs2)C1. The second kappa shape index (κ2) is 6.33. The van der Waals surface area contributed by atoms with Gasteiger partial charge in [0.2, 0.25) is 0 Å². The summed E-state index contributed by atoms with van der Waals surface area (Å²) in [4.78, 5) is 7.98. The molecule has 0 aliphatic carbocycles. The lowest BCUT2D eigenvalue weighted by Gasteiger charge is -2.31. The van der Waals surface area contributed by atoms with Crippen molar-refractivity contribution < 1.29 is 0 Å². The zero-order valence-corrected chi connectivity index (χ0v) is 10.8. The molecule has 3 nitrogen and oxygen atoms in total. The van der Waals surface area contributed by atoms with Gasteiger partial charge in [0.15, 0.2) is 0 Å². The number of thiazole rings is 1. The van der Waals surface area contributed by atoms with E-state index in [1.165, 1.54) is 37.4 Å². The second-order valence-corrected chi connectivity index (χ2v) is 5.47. The fourth-order valence-corrected chi connectivity index (χ4v) is 2.90. The number of rotatable bonds is 5. The van der Waals surface area contributed by atoms with Crippen LogP contribution in [0.1, 0.15) is 24.6 Å². The van der Waals surface area contributed by atoms with Crippen molar-refractivity contribution in [1.29, 1.82) is 0 Å². The Morgan fingerprint density at radius 3 is 3.31 bits per heavy atom. The van der Waals surface area contributed by atoms with Crippen LogP contribution in [0.5, 0.6) is 0 Å². The molecule has 4 heteroatoms. The normalized spacial score (nSPS) is 22.4. The lowest BCUT2D eigenvalue weighted by molar-refractivity contribution is 0.180. The maximum atomic E-state index is 4.08.